The van der Waals surface area contributed by atoms with Crippen molar-refractivity contribution in [3.05, 3.63) is 0 Å². The van der Waals surface area contributed by atoms with Crippen LogP contribution >= 0.6 is 0 Å². The number of ether oxygens (including phenoxy) is 2. The summed E-state index contributed by atoms with van der Waals surface area (Å²) in [5, 5.41) is 0. The van der Waals surface area contributed by atoms with Crippen LogP contribution in [0.5, 0.6) is 0 Å². The fraction of sp³-hybridized carbons (Fsp3) is 1.00. The zero-order valence-electron chi connectivity index (χ0n) is 19.2. The van der Waals surface area contributed by atoms with E-state index in [9.17, 15) is 0 Å². The predicted octanol–water partition coefficient (Wildman–Crippen LogP) is 6.97. The molecule has 0 saturated heterocycles. The molecule has 0 aromatic carbocycles. The van der Waals surface area contributed by atoms with Crippen molar-refractivity contribution in [1.82, 2.24) is 0 Å². The first-order valence-corrected chi connectivity index (χ1v) is 11.3. The summed E-state index contributed by atoms with van der Waals surface area (Å²) in [4.78, 5) is 0. The van der Waals surface area contributed by atoms with Crippen molar-refractivity contribution in [2.75, 3.05) is 27.4 Å². The Kier molecular flexibility index (Phi) is 10.2. The van der Waals surface area contributed by atoms with Crippen LogP contribution in [0.15, 0.2) is 0 Å². The second-order valence-corrected chi connectivity index (χ2v) is 9.72. The summed E-state index contributed by atoms with van der Waals surface area (Å²) in [6.45, 7) is 16.1. The highest BCUT2D eigenvalue weighted by atomic mass is 16.5. The van der Waals surface area contributed by atoms with Crippen molar-refractivity contribution in [1.29, 1.82) is 0 Å². The van der Waals surface area contributed by atoms with Gasteiger partial charge in [-0.25, -0.2) is 0 Å². The number of hydrogen-bond donors (Lipinski definition) is 0. The van der Waals surface area contributed by atoms with Crippen LogP contribution < -0.4 is 0 Å². The van der Waals surface area contributed by atoms with Gasteiger partial charge in [0.2, 0.25) is 0 Å². The van der Waals surface area contributed by atoms with Gasteiger partial charge in [0, 0.05) is 19.6 Å². The van der Waals surface area contributed by atoms with Crippen LogP contribution in [0.3, 0.4) is 0 Å². The van der Waals surface area contributed by atoms with E-state index in [1.54, 1.807) is 0 Å². The number of rotatable bonds is 12. The molecule has 0 spiro atoms. The molecule has 1 aliphatic carbocycles. The third-order valence-corrected chi connectivity index (χ3v) is 8.08. The van der Waals surface area contributed by atoms with E-state index in [1.165, 1.54) is 51.4 Å². The average Bonchev–Trinajstić information content (AvgIpc) is 2.63. The SMILES string of the molecule is CCC(CC)(CC)CCC(COC)(COC)C1CC(C)CCC1C(C)C. The Morgan fingerprint density at radius 2 is 1.42 bits per heavy atom. The van der Waals surface area contributed by atoms with Crippen LogP contribution in [0, 0.1) is 34.5 Å². The Hall–Kier alpha value is -0.0800. The van der Waals surface area contributed by atoms with Gasteiger partial charge in [0.15, 0.2) is 0 Å². The first kappa shape index (κ1) is 24.0. The predicted molar refractivity (Wildman–Crippen MR) is 114 cm³/mol. The third-order valence-electron chi connectivity index (χ3n) is 8.08. The van der Waals surface area contributed by atoms with E-state index in [-0.39, 0.29) is 5.41 Å². The van der Waals surface area contributed by atoms with Crippen molar-refractivity contribution in [3.63, 3.8) is 0 Å². The zero-order chi connectivity index (χ0) is 19.8. The fourth-order valence-corrected chi connectivity index (χ4v) is 5.86. The molecule has 0 aliphatic heterocycles. The van der Waals surface area contributed by atoms with Crippen LogP contribution in [0.4, 0.5) is 0 Å². The molecular formula is C24H48O2. The normalized spacial score (nSPS) is 25.0. The summed E-state index contributed by atoms with van der Waals surface area (Å²) in [5.74, 6) is 3.09. The van der Waals surface area contributed by atoms with E-state index in [0.717, 1.165) is 36.9 Å². The molecule has 0 aromatic heterocycles. The van der Waals surface area contributed by atoms with Gasteiger partial charge in [-0.05, 0) is 54.8 Å². The molecule has 26 heavy (non-hydrogen) atoms. The Balaban J connectivity index is 3.17. The minimum absolute atomic E-state index is 0.165. The summed E-state index contributed by atoms with van der Waals surface area (Å²) in [6.07, 6.45) is 10.5. The van der Waals surface area contributed by atoms with Crippen molar-refractivity contribution < 1.29 is 9.47 Å². The highest BCUT2D eigenvalue weighted by Gasteiger charge is 2.46. The smallest absolute Gasteiger partial charge is 0.0543 e. The molecule has 0 aromatic rings. The van der Waals surface area contributed by atoms with Gasteiger partial charge in [0.25, 0.3) is 0 Å². The average molecular weight is 369 g/mol. The maximum Gasteiger partial charge on any atom is 0.0543 e. The molecule has 2 heteroatoms. The van der Waals surface area contributed by atoms with Gasteiger partial charge in [-0.1, -0.05) is 67.2 Å². The Labute approximate surface area is 164 Å². The van der Waals surface area contributed by atoms with Crippen molar-refractivity contribution in [2.45, 2.75) is 92.9 Å². The van der Waals surface area contributed by atoms with Crippen LogP contribution in [-0.4, -0.2) is 27.4 Å². The minimum Gasteiger partial charge on any atom is -0.384 e. The lowest BCUT2D eigenvalue weighted by Crippen LogP contribution is -2.47. The molecule has 3 unspecified atom stereocenters. The number of hydrogen-bond acceptors (Lipinski definition) is 2. The largest absolute Gasteiger partial charge is 0.384 e. The Morgan fingerprint density at radius 1 is 0.885 bits per heavy atom. The molecule has 0 heterocycles. The Bertz CT molecular complexity index is 358. The van der Waals surface area contributed by atoms with Crippen molar-refractivity contribution in [3.8, 4) is 0 Å². The molecule has 0 bridgehead atoms. The van der Waals surface area contributed by atoms with Crippen LogP contribution in [-0.2, 0) is 9.47 Å². The molecule has 2 nitrogen and oxygen atoms in total. The summed E-state index contributed by atoms with van der Waals surface area (Å²) in [5.41, 5.74) is 0.651. The van der Waals surface area contributed by atoms with E-state index >= 15 is 0 Å². The molecule has 1 aliphatic rings. The van der Waals surface area contributed by atoms with Gasteiger partial charge >= 0.3 is 0 Å². The summed E-state index contributed by atoms with van der Waals surface area (Å²) >= 11 is 0. The van der Waals surface area contributed by atoms with E-state index in [1.807, 2.05) is 14.2 Å². The summed E-state index contributed by atoms with van der Waals surface area (Å²) < 4.78 is 11.7. The lowest BCUT2D eigenvalue weighted by atomic mass is 9.57. The maximum atomic E-state index is 5.86. The van der Waals surface area contributed by atoms with E-state index in [2.05, 4.69) is 41.5 Å². The maximum absolute atomic E-state index is 5.86. The highest BCUT2D eigenvalue weighted by Crippen LogP contribution is 2.51. The van der Waals surface area contributed by atoms with Gasteiger partial charge < -0.3 is 9.47 Å². The Morgan fingerprint density at radius 3 is 1.85 bits per heavy atom. The zero-order valence-corrected chi connectivity index (χ0v) is 19.2. The summed E-state index contributed by atoms with van der Waals surface area (Å²) in [7, 11) is 3.77. The van der Waals surface area contributed by atoms with Gasteiger partial charge in [-0.3, -0.25) is 0 Å². The molecule has 156 valence electrons. The quantitative estimate of drug-likeness (QED) is 0.370. The molecular weight excluding hydrogens is 320 g/mol. The van der Waals surface area contributed by atoms with Crippen LogP contribution in [0.1, 0.15) is 92.9 Å². The van der Waals surface area contributed by atoms with Crippen LogP contribution in [0.25, 0.3) is 0 Å². The highest BCUT2D eigenvalue weighted by molar-refractivity contribution is 4.95. The topological polar surface area (TPSA) is 18.5 Å². The molecule has 1 saturated carbocycles. The molecule has 0 amide bonds. The van der Waals surface area contributed by atoms with Gasteiger partial charge in [-0.2, -0.15) is 0 Å². The fourth-order valence-electron chi connectivity index (χ4n) is 5.86. The lowest BCUT2D eigenvalue weighted by Gasteiger charge is -2.50. The second-order valence-electron chi connectivity index (χ2n) is 9.72. The van der Waals surface area contributed by atoms with Crippen molar-refractivity contribution >= 4 is 0 Å². The van der Waals surface area contributed by atoms with Gasteiger partial charge in [0.1, 0.15) is 0 Å². The third kappa shape index (κ3) is 5.71. The van der Waals surface area contributed by atoms with E-state index in [4.69, 9.17) is 9.47 Å². The standard InChI is InChI=1S/C24H48O2/c1-9-23(10-2,11-3)14-15-24(17-25-7,18-26-8)22-16-20(6)12-13-21(22)19(4)5/h19-22H,9-18H2,1-8H3. The molecule has 0 radical (unpaired) electrons. The minimum atomic E-state index is 0.165. The van der Waals surface area contributed by atoms with Crippen molar-refractivity contribution in [2.24, 2.45) is 34.5 Å². The number of methoxy groups -OCH3 is 2. The van der Waals surface area contributed by atoms with Gasteiger partial charge in [0.05, 0.1) is 13.2 Å². The molecule has 0 N–H and O–H groups in total. The molecule has 1 rings (SSSR count). The molecule has 1 fully saturated rings. The first-order valence-electron chi connectivity index (χ1n) is 11.3. The lowest BCUT2D eigenvalue weighted by molar-refractivity contribution is -0.0860. The molecule has 3 atom stereocenters. The van der Waals surface area contributed by atoms with E-state index < -0.39 is 0 Å². The van der Waals surface area contributed by atoms with Crippen LogP contribution in [0.2, 0.25) is 0 Å². The van der Waals surface area contributed by atoms with E-state index in [0.29, 0.717) is 5.41 Å². The monoisotopic (exact) mass is 368 g/mol. The first-order chi connectivity index (χ1) is 12.3. The summed E-state index contributed by atoms with van der Waals surface area (Å²) in [6, 6.07) is 0. The van der Waals surface area contributed by atoms with Gasteiger partial charge in [-0.15, -0.1) is 0 Å². The second kappa shape index (κ2) is 11.1.